The van der Waals surface area contributed by atoms with Gasteiger partial charge in [-0.05, 0) is 22.9 Å². The van der Waals surface area contributed by atoms with Crippen LogP contribution in [0.2, 0.25) is 0 Å². The van der Waals surface area contributed by atoms with E-state index in [0.717, 1.165) is 10.8 Å². The van der Waals surface area contributed by atoms with Crippen LogP contribution >= 0.6 is 0 Å². The zero-order valence-electron chi connectivity index (χ0n) is 15.3. The Balaban J connectivity index is 1.64. The Morgan fingerprint density at radius 2 is 1.34 bits per heavy atom. The highest BCUT2D eigenvalue weighted by molar-refractivity contribution is 7.92. The van der Waals surface area contributed by atoms with E-state index in [1.54, 1.807) is 18.2 Å². The van der Waals surface area contributed by atoms with Gasteiger partial charge >= 0.3 is 0 Å². The number of hydrogen-bond donors (Lipinski definition) is 1. The van der Waals surface area contributed by atoms with Gasteiger partial charge in [0.25, 0.3) is 0 Å². The highest BCUT2D eigenvalue weighted by Gasteiger charge is 2.57. The van der Waals surface area contributed by atoms with Gasteiger partial charge in [0.05, 0.1) is 40.0 Å². The van der Waals surface area contributed by atoms with E-state index in [2.05, 4.69) is 5.32 Å². The number of benzene rings is 2. The van der Waals surface area contributed by atoms with Crippen LogP contribution in [-0.4, -0.2) is 76.7 Å². The van der Waals surface area contributed by atoms with Crippen molar-refractivity contribution < 1.29 is 25.3 Å². The van der Waals surface area contributed by atoms with E-state index in [1.807, 2.05) is 18.2 Å². The molecule has 0 bridgehead atoms. The van der Waals surface area contributed by atoms with Crippen LogP contribution in [0.5, 0.6) is 0 Å². The van der Waals surface area contributed by atoms with E-state index in [4.69, 9.17) is 0 Å². The van der Waals surface area contributed by atoms with Crippen molar-refractivity contribution in [3.05, 3.63) is 42.5 Å². The molecule has 0 amide bonds. The number of nitrogens with one attached hydrogen (secondary N) is 1. The second-order valence-corrected chi connectivity index (χ2v) is 14.2. The molecule has 29 heavy (non-hydrogen) atoms. The summed E-state index contributed by atoms with van der Waals surface area (Å²) in [6, 6.07) is 9.26. The molecule has 3 heterocycles. The lowest BCUT2D eigenvalue weighted by Gasteiger charge is -2.43. The molecule has 3 saturated heterocycles. The van der Waals surface area contributed by atoms with E-state index < -0.39 is 53.9 Å². The largest absolute Gasteiger partial charge is 0.306 e. The first-order valence-electron chi connectivity index (χ1n) is 9.25. The fraction of sp³-hybridized carbons (Fsp3) is 0.444. The Labute approximate surface area is 169 Å². The van der Waals surface area contributed by atoms with Crippen LogP contribution in [0.1, 0.15) is 0 Å². The predicted molar refractivity (Wildman–Crippen MR) is 109 cm³/mol. The van der Waals surface area contributed by atoms with Crippen molar-refractivity contribution in [3.8, 4) is 0 Å². The number of sulfone groups is 2. The van der Waals surface area contributed by atoms with Gasteiger partial charge in [-0.1, -0.05) is 30.3 Å². The summed E-state index contributed by atoms with van der Waals surface area (Å²) < 4.78 is 77.5. The summed E-state index contributed by atoms with van der Waals surface area (Å²) >= 11 is 0. The molecule has 156 valence electrons. The number of nitrogens with zero attached hydrogens (tertiary/aromatic N) is 1. The minimum Gasteiger partial charge on any atom is -0.306 e. The first-order chi connectivity index (χ1) is 13.6. The summed E-state index contributed by atoms with van der Waals surface area (Å²) in [7, 11) is -10.9. The lowest BCUT2D eigenvalue weighted by Crippen LogP contribution is -2.67. The molecule has 2 aromatic rings. The first kappa shape index (κ1) is 19.4. The summed E-state index contributed by atoms with van der Waals surface area (Å²) in [4.78, 5) is 0.0456. The quantitative estimate of drug-likeness (QED) is 0.663. The maximum atomic E-state index is 13.6. The molecule has 0 saturated carbocycles. The molecule has 0 radical (unpaired) electrons. The molecular weight excluding hydrogens is 436 g/mol. The number of hydrogen-bond acceptors (Lipinski definition) is 7. The molecule has 0 spiro atoms. The summed E-state index contributed by atoms with van der Waals surface area (Å²) in [5.41, 5.74) is 0. The zero-order chi connectivity index (χ0) is 20.6. The van der Waals surface area contributed by atoms with Gasteiger partial charge in [-0.3, -0.25) is 0 Å². The molecule has 0 unspecified atom stereocenters. The van der Waals surface area contributed by atoms with Crippen LogP contribution in [0.3, 0.4) is 0 Å². The Bertz CT molecular complexity index is 1270. The van der Waals surface area contributed by atoms with Gasteiger partial charge in [0.2, 0.25) is 10.0 Å². The Morgan fingerprint density at radius 1 is 0.793 bits per heavy atom. The van der Waals surface area contributed by atoms with Crippen molar-refractivity contribution in [2.45, 2.75) is 29.1 Å². The number of sulfonamides is 1. The molecule has 11 heteroatoms. The van der Waals surface area contributed by atoms with Crippen LogP contribution in [0.25, 0.3) is 10.8 Å². The average Bonchev–Trinajstić information content (AvgIpc) is 3.10. The van der Waals surface area contributed by atoms with Crippen molar-refractivity contribution >= 4 is 40.5 Å². The van der Waals surface area contributed by atoms with Crippen molar-refractivity contribution in [3.63, 3.8) is 0 Å². The van der Waals surface area contributed by atoms with Gasteiger partial charge in [-0.2, -0.15) is 4.31 Å². The second-order valence-electron chi connectivity index (χ2n) is 8.01. The molecule has 3 aliphatic heterocycles. The topological polar surface area (TPSA) is 118 Å². The minimum absolute atomic E-state index is 0.0456. The molecule has 0 aliphatic carbocycles. The van der Waals surface area contributed by atoms with Crippen molar-refractivity contribution in [1.82, 2.24) is 9.62 Å². The van der Waals surface area contributed by atoms with Crippen LogP contribution in [0.15, 0.2) is 47.4 Å². The predicted octanol–water partition coefficient (Wildman–Crippen LogP) is -0.235. The number of rotatable bonds is 2. The molecule has 3 aliphatic rings. The summed E-state index contributed by atoms with van der Waals surface area (Å²) in [6.45, 7) is 0. The molecule has 0 aromatic heterocycles. The van der Waals surface area contributed by atoms with Crippen molar-refractivity contribution in [2.75, 3.05) is 23.0 Å². The number of piperazine rings is 1. The molecule has 8 nitrogen and oxygen atoms in total. The van der Waals surface area contributed by atoms with Crippen molar-refractivity contribution in [2.24, 2.45) is 0 Å². The van der Waals surface area contributed by atoms with Crippen LogP contribution < -0.4 is 5.32 Å². The Hall–Kier alpha value is -1.53. The molecular formula is C18H20N2O6S3. The standard InChI is InChI=1S/C18H20N2O6S3/c21-27(22)8-15-17(10-27)20(18-11-28(23,24)9-16(18)19-15)29(25,26)14-6-5-12-3-1-2-4-13(12)7-14/h1-7,15-19H,8-11H2/t15-,16+,17-,18-/m0/s1. The third-order valence-electron chi connectivity index (χ3n) is 6.02. The summed E-state index contributed by atoms with van der Waals surface area (Å²) in [5.74, 6) is -0.989. The van der Waals surface area contributed by atoms with Gasteiger partial charge in [-0.25, -0.2) is 25.3 Å². The minimum atomic E-state index is -4.10. The Kier molecular flexibility index (Phi) is 4.18. The lowest BCUT2D eigenvalue weighted by molar-refractivity contribution is 0.160. The zero-order valence-corrected chi connectivity index (χ0v) is 17.8. The molecule has 2 aromatic carbocycles. The van der Waals surface area contributed by atoms with Gasteiger partial charge in [0, 0.05) is 12.1 Å². The lowest BCUT2D eigenvalue weighted by atomic mass is 10.0. The van der Waals surface area contributed by atoms with Gasteiger partial charge < -0.3 is 5.32 Å². The van der Waals surface area contributed by atoms with Crippen molar-refractivity contribution in [1.29, 1.82) is 0 Å². The monoisotopic (exact) mass is 456 g/mol. The highest BCUT2D eigenvalue weighted by atomic mass is 32.2. The molecule has 3 fully saturated rings. The van der Waals surface area contributed by atoms with Crippen LogP contribution in [0.4, 0.5) is 0 Å². The highest BCUT2D eigenvalue weighted by Crippen LogP contribution is 2.36. The summed E-state index contributed by atoms with van der Waals surface area (Å²) in [6.07, 6.45) is 0. The van der Waals surface area contributed by atoms with Gasteiger partial charge in [-0.15, -0.1) is 0 Å². The van der Waals surface area contributed by atoms with Crippen LogP contribution in [-0.2, 0) is 29.7 Å². The molecule has 1 N–H and O–H groups in total. The van der Waals surface area contributed by atoms with E-state index in [9.17, 15) is 25.3 Å². The fourth-order valence-corrected chi connectivity index (χ4v) is 10.7. The van der Waals surface area contributed by atoms with Gasteiger partial charge in [0.15, 0.2) is 19.7 Å². The molecule has 5 rings (SSSR count). The third kappa shape index (κ3) is 3.19. The van der Waals surface area contributed by atoms with E-state index >= 15 is 0 Å². The van der Waals surface area contributed by atoms with E-state index in [-0.39, 0.29) is 27.9 Å². The molecule has 4 atom stereocenters. The maximum Gasteiger partial charge on any atom is 0.243 e. The maximum absolute atomic E-state index is 13.6. The normalized spacial score (nSPS) is 33.4. The van der Waals surface area contributed by atoms with Crippen LogP contribution in [0, 0.1) is 0 Å². The van der Waals surface area contributed by atoms with E-state index in [1.165, 1.54) is 10.4 Å². The van der Waals surface area contributed by atoms with Gasteiger partial charge in [0.1, 0.15) is 0 Å². The average molecular weight is 457 g/mol. The fourth-order valence-electron chi connectivity index (χ4n) is 4.81. The smallest absolute Gasteiger partial charge is 0.243 e. The number of fused-ring (bicyclic) bond motifs is 3. The first-order valence-corrected chi connectivity index (χ1v) is 14.3. The summed E-state index contributed by atoms with van der Waals surface area (Å²) in [5, 5.41) is 4.74. The third-order valence-corrected chi connectivity index (χ3v) is 11.4. The second kappa shape index (κ2) is 6.24. The van der Waals surface area contributed by atoms with E-state index in [0.29, 0.717) is 0 Å². The Morgan fingerprint density at radius 3 is 1.93 bits per heavy atom. The SMILES string of the molecule is O=S1(=O)C[C@@H]2N[C@@H]3CS(=O)(=O)C[C@@H]3N(S(=O)(=O)c3ccc4ccccc4c3)[C@H]2C1.